The molecular weight excluding hydrogens is 456 g/mol. The Bertz CT molecular complexity index is 831. The molecule has 0 aromatic heterocycles. The van der Waals surface area contributed by atoms with Crippen LogP contribution in [0.3, 0.4) is 0 Å². The Hall–Kier alpha value is -0.830. The van der Waals surface area contributed by atoms with Crippen molar-refractivity contribution in [2.24, 2.45) is 57.2 Å². The van der Waals surface area contributed by atoms with Crippen LogP contribution < -0.4 is 0 Å². The summed E-state index contributed by atoms with van der Waals surface area (Å²) >= 11 is 0. The van der Waals surface area contributed by atoms with Crippen molar-refractivity contribution in [2.45, 2.75) is 133 Å². The lowest BCUT2D eigenvalue weighted by atomic mass is 9.32. The van der Waals surface area contributed by atoms with Crippen molar-refractivity contribution in [1.82, 2.24) is 0 Å². The van der Waals surface area contributed by atoms with Gasteiger partial charge in [0, 0.05) is 6.92 Å². The molecule has 0 amide bonds. The summed E-state index contributed by atoms with van der Waals surface area (Å²) in [6.07, 6.45) is 10.6. The quantitative estimate of drug-likeness (QED) is 0.293. The van der Waals surface area contributed by atoms with Gasteiger partial charge in [-0.1, -0.05) is 67.5 Å². The van der Waals surface area contributed by atoms with Crippen molar-refractivity contribution in [3.63, 3.8) is 0 Å². The minimum atomic E-state index is -0.168. The molecule has 4 unspecified atom stereocenters. The Morgan fingerprint density at radius 2 is 1.54 bits per heavy atom. The molecule has 3 nitrogen and oxygen atoms in total. The van der Waals surface area contributed by atoms with Gasteiger partial charge in [0.15, 0.2) is 0 Å². The fraction of sp³-hybridized carbons (Fsp3) is 0.912. The van der Waals surface area contributed by atoms with Crippen LogP contribution in [0.4, 0.5) is 0 Å². The van der Waals surface area contributed by atoms with Crippen LogP contribution in [0.5, 0.6) is 0 Å². The van der Waals surface area contributed by atoms with E-state index in [-0.39, 0.29) is 17.5 Å². The highest BCUT2D eigenvalue weighted by Gasteiger charge is 2.68. The first-order chi connectivity index (χ1) is 17.2. The number of rotatable bonds is 5. The molecule has 0 saturated heterocycles. The molecule has 4 aliphatic rings. The highest BCUT2D eigenvalue weighted by molar-refractivity contribution is 5.65. The molecule has 37 heavy (non-hydrogen) atoms. The van der Waals surface area contributed by atoms with E-state index in [9.17, 15) is 9.90 Å². The molecule has 0 heterocycles. The van der Waals surface area contributed by atoms with Gasteiger partial charge >= 0.3 is 5.97 Å². The minimum Gasteiger partial charge on any atom is -0.466 e. The Morgan fingerprint density at radius 3 is 2.11 bits per heavy atom. The predicted octanol–water partition coefficient (Wildman–Crippen LogP) is 8.84. The fourth-order valence-electron chi connectivity index (χ4n) is 11.0. The first-order valence-electron chi connectivity index (χ1n) is 15.7. The van der Waals surface area contributed by atoms with Crippen LogP contribution in [0.1, 0.15) is 127 Å². The highest BCUT2D eigenvalue weighted by atomic mass is 16.5. The molecule has 0 radical (unpaired) electrons. The van der Waals surface area contributed by atoms with Crippen LogP contribution in [0.2, 0.25) is 0 Å². The number of aliphatic hydroxyl groups is 1. The van der Waals surface area contributed by atoms with E-state index in [2.05, 4.69) is 55.0 Å². The van der Waals surface area contributed by atoms with Crippen molar-refractivity contribution in [1.29, 1.82) is 0 Å². The average Bonchev–Trinajstić information content (AvgIpc) is 2.83. The summed E-state index contributed by atoms with van der Waals surface area (Å²) in [5.41, 5.74) is 2.23. The zero-order chi connectivity index (χ0) is 28.0. The number of aliphatic hydroxyl groups excluding tert-OH is 1. The molecule has 0 bridgehead atoms. The van der Waals surface area contributed by atoms with Gasteiger partial charge in [-0.3, -0.25) is 4.79 Å². The second kappa shape index (κ2) is 11.0. The fourth-order valence-corrected chi connectivity index (χ4v) is 11.0. The first kappa shape index (κ1) is 30.7. The van der Waals surface area contributed by atoms with Crippen LogP contribution >= 0.6 is 0 Å². The molecule has 4 aliphatic carbocycles. The molecule has 0 spiro atoms. The lowest BCUT2D eigenvalue weighted by Gasteiger charge is -2.72. The maximum Gasteiger partial charge on any atom is 0.302 e. The average molecular weight is 517 g/mol. The third-order valence-electron chi connectivity index (χ3n) is 13.0. The zero-order valence-corrected chi connectivity index (χ0v) is 26.1. The van der Waals surface area contributed by atoms with Gasteiger partial charge in [-0.05, 0) is 122 Å². The van der Waals surface area contributed by atoms with Crippen LogP contribution in [0.25, 0.3) is 0 Å². The number of carbonyl (C=O) groups excluding carboxylic acids is 1. The van der Waals surface area contributed by atoms with Crippen LogP contribution in [-0.2, 0) is 9.53 Å². The van der Waals surface area contributed by atoms with E-state index in [4.69, 9.17) is 4.74 Å². The van der Waals surface area contributed by atoms with Crippen molar-refractivity contribution >= 4 is 5.97 Å². The topological polar surface area (TPSA) is 46.5 Å². The molecule has 0 aliphatic heterocycles. The summed E-state index contributed by atoms with van der Waals surface area (Å²) in [5, 5.41) is 10.9. The Labute approximate surface area is 229 Å². The Balaban J connectivity index is 0.00000186. The largest absolute Gasteiger partial charge is 0.466 e. The second-order valence-corrected chi connectivity index (χ2v) is 14.6. The van der Waals surface area contributed by atoms with Crippen molar-refractivity contribution in [3.8, 4) is 0 Å². The molecule has 1 N–H and O–H groups in total. The monoisotopic (exact) mass is 516 g/mol. The number of carbonyl (C=O) groups is 1. The maximum absolute atomic E-state index is 11.7. The van der Waals surface area contributed by atoms with Gasteiger partial charge in [0.2, 0.25) is 0 Å². The Morgan fingerprint density at radius 1 is 0.919 bits per heavy atom. The van der Waals surface area contributed by atoms with Gasteiger partial charge in [0.05, 0.1) is 12.7 Å². The van der Waals surface area contributed by atoms with E-state index in [1.54, 1.807) is 6.92 Å². The van der Waals surface area contributed by atoms with E-state index in [0.29, 0.717) is 52.4 Å². The number of esters is 1. The Kier molecular flexibility index (Phi) is 9.11. The number of ether oxygens (including phenoxy) is 1. The molecule has 10 atom stereocenters. The van der Waals surface area contributed by atoms with E-state index in [1.807, 2.05) is 13.8 Å². The van der Waals surface area contributed by atoms with Crippen LogP contribution in [0, 0.1) is 57.2 Å². The normalized spacial score (nSPS) is 45.2. The molecule has 214 valence electrons. The molecule has 0 aromatic carbocycles. The first-order valence-corrected chi connectivity index (χ1v) is 15.7. The van der Waals surface area contributed by atoms with Gasteiger partial charge in [-0.2, -0.15) is 0 Å². The number of hydrogen-bond donors (Lipinski definition) is 1. The van der Waals surface area contributed by atoms with Crippen LogP contribution in [-0.4, -0.2) is 23.8 Å². The van der Waals surface area contributed by atoms with Crippen molar-refractivity contribution in [3.05, 3.63) is 12.2 Å². The van der Waals surface area contributed by atoms with Gasteiger partial charge in [-0.15, -0.1) is 0 Å². The van der Waals surface area contributed by atoms with E-state index in [0.717, 1.165) is 25.2 Å². The summed E-state index contributed by atoms with van der Waals surface area (Å²) in [7, 11) is 0. The predicted molar refractivity (Wildman–Crippen MR) is 155 cm³/mol. The number of allylic oxidation sites excluding steroid dienone is 1. The second-order valence-electron chi connectivity index (χ2n) is 14.6. The van der Waals surface area contributed by atoms with E-state index < -0.39 is 0 Å². The minimum absolute atomic E-state index is 0.00354. The number of fused-ring (bicyclic) bond motifs is 5. The molecular formula is C34H60O3. The number of hydrogen-bond acceptors (Lipinski definition) is 3. The smallest absolute Gasteiger partial charge is 0.302 e. The summed E-state index contributed by atoms with van der Waals surface area (Å²) in [5.74, 6) is 3.31. The zero-order valence-electron chi connectivity index (χ0n) is 26.1. The third kappa shape index (κ3) is 4.76. The third-order valence-corrected chi connectivity index (χ3v) is 13.0. The lowest BCUT2D eigenvalue weighted by molar-refractivity contribution is -0.244. The van der Waals surface area contributed by atoms with Gasteiger partial charge in [0.25, 0.3) is 0 Å². The van der Waals surface area contributed by atoms with Gasteiger partial charge < -0.3 is 9.84 Å². The highest BCUT2D eigenvalue weighted by Crippen LogP contribution is 2.75. The molecule has 4 saturated carbocycles. The van der Waals surface area contributed by atoms with E-state index in [1.165, 1.54) is 44.1 Å². The summed E-state index contributed by atoms with van der Waals surface area (Å²) < 4.78 is 5.66. The lowest BCUT2D eigenvalue weighted by Crippen LogP contribution is -2.66. The standard InChI is InChI=1S/C32H54O3.C2H6/c1-10-23(20(2)3)28-22(19-35-21(4)33)13-17-31(8)24(28)11-12-26-30(7)16-15-27(34)29(5,6)25(30)14-18-32(26,31)9;1-2/h22-28,34H,2,10-19H2,1,3-9H3;1-2H3/t22?,23?,24-,25+,26-,27?,28?,30+,31-,32-;/m1./s1. The van der Waals surface area contributed by atoms with Crippen LogP contribution in [0.15, 0.2) is 12.2 Å². The van der Waals surface area contributed by atoms with Gasteiger partial charge in [-0.25, -0.2) is 0 Å². The summed E-state index contributed by atoms with van der Waals surface area (Å²) in [4.78, 5) is 11.7. The maximum atomic E-state index is 11.7. The SMILES string of the molecule is C=C(C)C(CC)C1C(COC(C)=O)CC[C@]2(C)[C@@H]1CC[C@@H]1[C@@]3(C)CCC(O)C(C)(C)[C@@H]3CC[C@]12C.CC. The van der Waals surface area contributed by atoms with Crippen molar-refractivity contribution in [2.75, 3.05) is 6.61 Å². The summed E-state index contributed by atoms with van der Waals surface area (Å²) in [6.45, 7) is 27.7. The van der Waals surface area contributed by atoms with E-state index >= 15 is 0 Å². The molecule has 0 aromatic rings. The summed E-state index contributed by atoms with van der Waals surface area (Å²) in [6, 6.07) is 0. The molecule has 4 rings (SSSR count). The molecule has 3 heteroatoms. The van der Waals surface area contributed by atoms with Crippen molar-refractivity contribution < 1.29 is 14.6 Å². The van der Waals surface area contributed by atoms with Gasteiger partial charge in [0.1, 0.15) is 0 Å². The molecule has 4 fully saturated rings.